The Labute approximate surface area is 147 Å². The molecule has 5 nitrogen and oxygen atoms in total. The molecule has 1 N–H and O–H groups in total. The summed E-state index contributed by atoms with van der Waals surface area (Å²) in [7, 11) is -3.07. The number of carbonyl (C=O) groups excluding carboxylic acids is 1. The zero-order valence-electron chi connectivity index (χ0n) is 14.1. The number of rotatable bonds is 5. The quantitative estimate of drug-likeness (QED) is 0.891. The van der Waals surface area contributed by atoms with Crippen LogP contribution in [0.3, 0.4) is 0 Å². The zero-order valence-corrected chi connectivity index (χ0v) is 14.9. The van der Waals surface area contributed by atoms with Gasteiger partial charge in [-0.3, -0.25) is 4.79 Å². The van der Waals surface area contributed by atoms with Gasteiger partial charge in [0.15, 0.2) is 9.84 Å². The van der Waals surface area contributed by atoms with Gasteiger partial charge in [0.2, 0.25) is 0 Å². The molecule has 0 saturated carbocycles. The summed E-state index contributed by atoms with van der Waals surface area (Å²) in [6.07, 6.45) is 0.436. The third kappa shape index (κ3) is 4.60. The summed E-state index contributed by atoms with van der Waals surface area (Å²) in [6, 6.07) is 16.7. The Bertz CT molecular complexity index is 864. The third-order valence-corrected chi connectivity index (χ3v) is 6.17. The lowest BCUT2D eigenvalue weighted by Crippen LogP contribution is -2.46. The molecule has 1 atom stereocenters. The van der Waals surface area contributed by atoms with Crippen LogP contribution >= 0.6 is 0 Å². The highest BCUT2D eigenvalue weighted by atomic mass is 32.2. The minimum absolute atomic E-state index is 0.0179. The van der Waals surface area contributed by atoms with Gasteiger partial charge in [0, 0.05) is 5.56 Å². The Kier molecular flexibility index (Phi) is 4.81. The van der Waals surface area contributed by atoms with Gasteiger partial charge in [-0.25, -0.2) is 8.42 Å². The number of hydrogen-bond acceptors (Lipinski definition) is 4. The van der Waals surface area contributed by atoms with Gasteiger partial charge in [-0.1, -0.05) is 36.4 Å². The van der Waals surface area contributed by atoms with Crippen molar-refractivity contribution >= 4 is 15.7 Å². The molecule has 1 aliphatic heterocycles. The molecule has 0 aromatic heterocycles. The fraction of sp³-hybridized carbons (Fsp3) is 0.316. The summed E-state index contributed by atoms with van der Waals surface area (Å²) in [5, 5.41) is 2.85. The van der Waals surface area contributed by atoms with E-state index in [4.69, 9.17) is 4.74 Å². The fourth-order valence-corrected chi connectivity index (χ4v) is 5.02. The van der Waals surface area contributed by atoms with Crippen LogP contribution in [0.25, 0.3) is 0 Å². The molecule has 132 valence electrons. The molecule has 3 rings (SSSR count). The van der Waals surface area contributed by atoms with Gasteiger partial charge in [-0.15, -0.1) is 0 Å². The van der Waals surface area contributed by atoms with Crippen molar-refractivity contribution in [1.29, 1.82) is 0 Å². The maximum atomic E-state index is 12.5. The van der Waals surface area contributed by atoms with E-state index in [9.17, 15) is 13.2 Å². The third-order valence-electron chi connectivity index (χ3n) is 4.26. The summed E-state index contributed by atoms with van der Waals surface area (Å²) in [5.74, 6) is 0.408. The Morgan fingerprint density at radius 1 is 1.16 bits per heavy atom. The van der Waals surface area contributed by atoms with E-state index in [2.05, 4.69) is 5.32 Å². The van der Waals surface area contributed by atoms with Crippen LogP contribution in [0, 0.1) is 0 Å². The van der Waals surface area contributed by atoms with Crippen molar-refractivity contribution in [3.63, 3.8) is 0 Å². The minimum Gasteiger partial charge on any atom is -0.489 e. The van der Waals surface area contributed by atoms with Crippen LogP contribution in [0.1, 0.15) is 29.3 Å². The van der Waals surface area contributed by atoms with Crippen molar-refractivity contribution in [2.45, 2.75) is 25.5 Å². The molecule has 2 aromatic rings. The first-order valence-corrected chi connectivity index (χ1v) is 9.97. The Balaban J connectivity index is 1.65. The molecule has 1 amide bonds. The van der Waals surface area contributed by atoms with Crippen molar-refractivity contribution in [3.05, 3.63) is 65.7 Å². The topological polar surface area (TPSA) is 72.5 Å². The number of hydrogen-bond donors (Lipinski definition) is 1. The molecule has 1 fully saturated rings. The first kappa shape index (κ1) is 17.5. The molecule has 25 heavy (non-hydrogen) atoms. The number of sulfone groups is 1. The van der Waals surface area contributed by atoms with Crippen LogP contribution < -0.4 is 10.1 Å². The fourth-order valence-electron chi connectivity index (χ4n) is 2.92. The molecule has 0 radical (unpaired) electrons. The van der Waals surface area contributed by atoms with Crippen LogP contribution in [-0.4, -0.2) is 31.4 Å². The second-order valence-corrected chi connectivity index (χ2v) is 8.84. The second-order valence-electron chi connectivity index (χ2n) is 6.66. The number of nitrogens with one attached hydrogen (secondary N) is 1. The van der Waals surface area contributed by atoms with Gasteiger partial charge in [-0.05, 0) is 37.1 Å². The van der Waals surface area contributed by atoms with Gasteiger partial charge in [0.25, 0.3) is 5.91 Å². The molecular formula is C19H21NO4S. The molecule has 1 saturated heterocycles. The molecule has 6 heteroatoms. The lowest BCUT2D eigenvalue weighted by molar-refractivity contribution is 0.0915. The van der Waals surface area contributed by atoms with Gasteiger partial charge in [-0.2, -0.15) is 0 Å². The maximum Gasteiger partial charge on any atom is 0.251 e. The lowest BCUT2D eigenvalue weighted by Gasteiger charge is -2.24. The van der Waals surface area contributed by atoms with Crippen molar-refractivity contribution < 1.29 is 17.9 Å². The van der Waals surface area contributed by atoms with Crippen LogP contribution in [-0.2, 0) is 16.4 Å². The first-order chi connectivity index (χ1) is 11.9. The second kappa shape index (κ2) is 6.88. The number of amides is 1. The Morgan fingerprint density at radius 3 is 2.60 bits per heavy atom. The van der Waals surface area contributed by atoms with E-state index in [1.807, 2.05) is 30.3 Å². The lowest BCUT2D eigenvalue weighted by atomic mass is 10.0. The van der Waals surface area contributed by atoms with Crippen molar-refractivity contribution in [3.8, 4) is 5.75 Å². The van der Waals surface area contributed by atoms with E-state index >= 15 is 0 Å². The number of ether oxygens (including phenoxy) is 1. The van der Waals surface area contributed by atoms with Crippen molar-refractivity contribution in [2.24, 2.45) is 0 Å². The zero-order chi connectivity index (χ0) is 17.9. The Hall–Kier alpha value is -2.34. The average molecular weight is 359 g/mol. The van der Waals surface area contributed by atoms with Crippen LogP contribution in [0.5, 0.6) is 5.75 Å². The molecule has 1 aliphatic rings. The summed E-state index contributed by atoms with van der Waals surface area (Å²) < 4.78 is 29.1. The molecule has 0 bridgehead atoms. The highest BCUT2D eigenvalue weighted by molar-refractivity contribution is 7.91. The largest absolute Gasteiger partial charge is 0.489 e. The van der Waals surface area contributed by atoms with E-state index in [0.29, 0.717) is 24.3 Å². The van der Waals surface area contributed by atoms with E-state index in [1.165, 1.54) is 0 Å². The van der Waals surface area contributed by atoms with Crippen molar-refractivity contribution in [2.75, 3.05) is 11.5 Å². The summed E-state index contributed by atoms with van der Waals surface area (Å²) >= 11 is 0. The highest BCUT2D eigenvalue weighted by Gasteiger charge is 2.39. The predicted octanol–water partition coefficient (Wildman–Crippen LogP) is 2.57. The van der Waals surface area contributed by atoms with Crippen LogP contribution in [0.4, 0.5) is 0 Å². The molecule has 0 spiro atoms. The van der Waals surface area contributed by atoms with Crippen LogP contribution in [0.15, 0.2) is 54.6 Å². The SMILES string of the molecule is CC1(NC(=O)c2cccc(OCc3ccccc3)c2)CCS(=O)(=O)C1. The molecule has 1 unspecified atom stereocenters. The summed E-state index contributed by atoms with van der Waals surface area (Å²) in [6.45, 7) is 2.19. The minimum atomic E-state index is -3.07. The average Bonchev–Trinajstić information content (AvgIpc) is 2.87. The standard InChI is InChI=1S/C19H21NO4S/c1-19(10-11-25(22,23)14-19)20-18(21)16-8-5-9-17(12-16)24-13-15-6-3-2-4-7-15/h2-9,12H,10-11,13-14H2,1H3,(H,20,21). The molecular weight excluding hydrogens is 338 g/mol. The predicted molar refractivity (Wildman–Crippen MR) is 96.4 cm³/mol. The maximum absolute atomic E-state index is 12.5. The number of carbonyl (C=O) groups is 1. The van der Waals surface area contributed by atoms with Gasteiger partial charge in [0.1, 0.15) is 12.4 Å². The monoisotopic (exact) mass is 359 g/mol. The van der Waals surface area contributed by atoms with Crippen LogP contribution in [0.2, 0.25) is 0 Å². The Morgan fingerprint density at radius 2 is 1.92 bits per heavy atom. The first-order valence-electron chi connectivity index (χ1n) is 8.15. The van der Waals surface area contributed by atoms with Crippen molar-refractivity contribution in [1.82, 2.24) is 5.32 Å². The van der Waals surface area contributed by atoms with Gasteiger partial charge in [0.05, 0.1) is 17.0 Å². The highest BCUT2D eigenvalue weighted by Crippen LogP contribution is 2.24. The summed E-state index contributed by atoms with van der Waals surface area (Å²) in [4.78, 5) is 12.5. The normalized spacial score (nSPS) is 21.6. The van der Waals surface area contributed by atoms with E-state index < -0.39 is 15.4 Å². The smallest absolute Gasteiger partial charge is 0.251 e. The molecule has 0 aliphatic carbocycles. The van der Waals surface area contributed by atoms with Gasteiger partial charge >= 0.3 is 0 Å². The van der Waals surface area contributed by atoms with Gasteiger partial charge < -0.3 is 10.1 Å². The molecule has 1 heterocycles. The molecule has 2 aromatic carbocycles. The number of benzene rings is 2. The van der Waals surface area contributed by atoms with E-state index in [-0.39, 0.29) is 17.4 Å². The van der Waals surface area contributed by atoms with E-state index in [0.717, 1.165) is 5.56 Å². The summed E-state index contributed by atoms with van der Waals surface area (Å²) in [5.41, 5.74) is 0.786. The van der Waals surface area contributed by atoms with E-state index in [1.54, 1.807) is 31.2 Å².